The van der Waals surface area contributed by atoms with E-state index in [9.17, 15) is 4.79 Å². The lowest BCUT2D eigenvalue weighted by Crippen LogP contribution is -2.02. The highest BCUT2D eigenvalue weighted by Crippen LogP contribution is 1.77. The Morgan fingerprint density at radius 1 is 1.23 bits per heavy atom. The Balaban J connectivity index is 3.33. The molecule has 4 nitrogen and oxygen atoms in total. The molecule has 0 atom stereocenters. The van der Waals surface area contributed by atoms with Gasteiger partial charge in [0.1, 0.15) is 13.4 Å². The van der Waals surface area contributed by atoms with E-state index in [4.69, 9.17) is 9.47 Å². The first-order valence-electron chi connectivity index (χ1n) is 4.12. The monoisotopic (exact) mass is 186 g/mol. The fourth-order valence-corrected chi connectivity index (χ4v) is 0.510. The summed E-state index contributed by atoms with van der Waals surface area (Å²) < 4.78 is 14.4. The van der Waals surface area contributed by atoms with Crippen molar-refractivity contribution >= 4 is 5.97 Å². The van der Waals surface area contributed by atoms with E-state index in [2.05, 4.69) is 16.6 Å². The molecular weight excluding hydrogens is 172 g/mol. The minimum absolute atomic E-state index is 0.179. The summed E-state index contributed by atoms with van der Waals surface area (Å²) >= 11 is 0. The van der Waals surface area contributed by atoms with Gasteiger partial charge in [-0.2, -0.15) is 0 Å². The molecule has 0 fully saturated rings. The summed E-state index contributed by atoms with van der Waals surface area (Å²) in [7, 11) is 0. The summed E-state index contributed by atoms with van der Waals surface area (Å²) in [5.74, 6) is 4.25. The molecule has 74 valence electrons. The molecule has 0 aromatic carbocycles. The molecule has 0 bridgehead atoms. The van der Waals surface area contributed by atoms with Crippen LogP contribution in [0.1, 0.15) is 13.8 Å². The maximum atomic E-state index is 10.6. The fraction of sp³-hybridized carbons (Fsp3) is 0.667. The zero-order valence-corrected chi connectivity index (χ0v) is 7.96. The lowest BCUT2D eigenvalue weighted by atomic mass is 10.6. The molecule has 0 aromatic rings. The van der Waals surface area contributed by atoms with Gasteiger partial charge in [-0.25, -0.2) is 4.79 Å². The average molecular weight is 186 g/mol. The minimum Gasteiger partial charge on any atom is -0.456 e. The third kappa shape index (κ3) is 8.86. The molecule has 0 N–H and O–H groups in total. The highest BCUT2D eigenvalue weighted by molar-refractivity contribution is 5.88. The van der Waals surface area contributed by atoms with Crippen LogP contribution in [0, 0.1) is 11.8 Å². The van der Waals surface area contributed by atoms with Crippen LogP contribution in [0.2, 0.25) is 0 Å². The van der Waals surface area contributed by atoms with Crippen LogP contribution in [0.3, 0.4) is 0 Å². The van der Waals surface area contributed by atoms with Gasteiger partial charge in [-0.1, -0.05) is 5.92 Å². The molecule has 4 heteroatoms. The van der Waals surface area contributed by atoms with Crippen molar-refractivity contribution in [2.75, 3.05) is 26.6 Å². The first-order chi connectivity index (χ1) is 6.31. The van der Waals surface area contributed by atoms with E-state index < -0.39 is 5.97 Å². The third-order valence-electron chi connectivity index (χ3n) is 1.01. The van der Waals surface area contributed by atoms with Gasteiger partial charge in [0.2, 0.25) is 0 Å². The average Bonchev–Trinajstić information content (AvgIpc) is 2.11. The second-order valence-corrected chi connectivity index (χ2v) is 1.98. The van der Waals surface area contributed by atoms with E-state index in [0.29, 0.717) is 13.2 Å². The smallest absolute Gasteiger partial charge is 0.384 e. The van der Waals surface area contributed by atoms with Crippen LogP contribution in [0.4, 0.5) is 0 Å². The molecular formula is C9H14O4. The summed E-state index contributed by atoms with van der Waals surface area (Å²) in [6.45, 7) is 4.92. The summed E-state index contributed by atoms with van der Waals surface area (Å²) in [5.41, 5.74) is 0. The van der Waals surface area contributed by atoms with E-state index in [1.165, 1.54) is 0 Å². The standard InChI is InChI=1S/C9H14O4/c1-3-11-8-12-7-5-6-9(10)13-4-2/h3-4,7-8H2,1-2H3. The van der Waals surface area contributed by atoms with Gasteiger partial charge in [0.15, 0.2) is 0 Å². The van der Waals surface area contributed by atoms with Gasteiger partial charge in [-0.05, 0) is 13.8 Å². The van der Waals surface area contributed by atoms with Crippen LogP contribution in [0.5, 0.6) is 0 Å². The molecule has 0 rings (SSSR count). The van der Waals surface area contributed by atoms with E-state index in [1.807, 2.05) is 6.92 Å². The Labute approximate surface area is 78.2 Å². The second kappa shape index (κ2) is 9.04. The Morgan fingerprint density at radius 3 is 2.62 bits per heavy atom. The number of hydrogen-bond donors (Lipinski definition) is 0. The summed E-state index contributed by atoms with van der Waals surface area (Å²) in [5, 5.41) is 0. The molecule has 0 saturated carbocycles. The summed E-state index contributed by atoms with van der Waals surface area (Å²) in [6.07, 6.45) is 0. The second-order valence-electron chi connectivity index (χ2n) is 1.98. The Kier molecular flexibility index (Phi) is 8.31. The van der Waals surface area contributed by atoms with Crippen LogP contribution < -0.4 is 0 Å². The van der Waals surface area contributed by atoms with Gasteiger partial charge in [-0.3, -0.25) is 0 Å². The van der Waals surface area contributed by atoms with Gasteiger partial charge >= 0.3 is 5.97 Å². The normalized spacial score (nSPS) is 8.77. The van der Waals surface area contributed by atoms with Crippen LogP contribution >= 0.6 is 0 Å². The fourth-order valence-electron chi connectivity index (χ4n) is 0.510. The Morgan fingerprint density at radius 2 is 2.00 bits per heavy atom. The zero-order chi connectivity index (χ0) is 9.94. The number of carbonyl (C=O) groups excluding carboxylic acids is 1. The van der Waals surface area contributed by atoms with E-state index in [0.717, 1.165) is 0 Å². The predicted octanol–water partition coefficient (Wildman–Crippen LogP) is 0.563. The number of rotatable bonds is 5. The van der Waals surface area contributed by atoms with Crippen molar-refractivity contribution in [3.8, 4) is 11.8 Å². The largest absolute Gasteiger partial charge is 0.456 e. The van der Waals surface area contributed by atoms with E-state index in [-0.39, 0.29) is 13.4 Å². The van der Waals surface area contributed by atoms with Crippen LogP contribution in [-0.2, 0) is 19.0 Å². The van der Waals surface area contributed by atoms with Gasteiger partial charge in [-0.15, -0.1) is 0 Å². The van der Waals surface area contributed by atoms with Gasteiger partial charge in [0, 0.05) is 12.5 Å². The molecule has 0 aromatic heterocycles. The molecule has 0 heterocycles. The lowest BCUT2D eigenvalue weighted by Gasteiger charge is -1.97. The predicted molar refractivity (Wildman–Crippen MR) is 46.9 cm³/mol. The molecule has 0 unspecified atom stereocenters. The minimum atomic E-state index is -0.525. The van der Waals surface area contributed by atoms with Gasteiger partial charge in [0.05, 0.1) is 6.61 Å². The van der Waals surface area contributed by atoms with Crippen molar-refractivity contribution in [2.24, 2.45) is 0 Å². The summed E-state index contributed by atoms with van der Waals surface area (Å²) in [6, 6.07) is 0. The van der Waals surface area contributed by atoms with Crippen LogP contribution in [0.25, 0.3) is 0 Å². The van der Waals surface area contributed by atoms with Crippen molar-refractivity contribution in [1.29, 1.82) is 0 Å². The van der Waals surface area contributed by atoms with Crippen molar-refractivity contribution in [1.82, 2.24) is 0 Å². The SMILES string of the molecule is CCOCOCC#CC(=O)OCC. The maximum Gasteiger partial charge on any atom is 0.384 e. The van der Waals surface area contributed by atoms with E-state index >= 15 is 0 Å². The third-order valence-corrected chi connectivity index (χ3v) is 1.01. The van der Waals surface area contributed by atoms with Crippen molar-refractivity contribution in [3.63, 3.8) is 0 Å². The molecule has 13 heavy (non-hydrogen) atoms. The molecule has 0 radical (unpaired) electrons. The van der Waals surface area contributed by atoms with Crippen molar-refractivity contribution in [2.45, 2.75) is 13.8 Å². The topological polar surface area (TPSA) is 44.8 Å². The molecule has 0 aliphatic rings. The van der Waals surface area contributed by atoms with Crippen molar-refractivity contribution < 1.29 is 19.0 Å². The molecule has 0 spiro atoms. The first-order valence-corrected chi connectivity index (χ1v) is 4.12. The summed E-state index contributed by atoms with van der Waals surface area (Å²) in [4.78, 5) is 10.6. The molecule has 0 saturated heterocycles. The lowest BCUT2D eigenvalue weighted by molar-refractivity contribution is -0.136. The number of ether oxygens (including phenoxy) is 3. The van der Waals surface area contributed by atoms with Crippen LogP contribution in [-0.4, -0.2) is 32.6 Å². The first kappa shape index (κ1) is 11.9. The highest BCUT2D eigenvalue weighted by atomic mass is 16.7. The number of esters is 1. The quantitative estimate of drug-likeness (QED) is 0.207. The van der Waals surface area contributed by atoms with Crippen molar-refractivity contribution in [3.05, 3.63) is 0 Å². The van der Waals surface area contributed by atoms with Gasteiger partial charge < -0.3 is 14.2 Å². The maximum absolute atomic E-state index is 10.6. The van der Waals surface area contributed by atoms with Crippen LogP contribution in [0.15, 0.2) is 0 Å². The number of carbonyl (C=O) groups is 1. The number of hydrogen-bond acceptors (Lipinski definition) is 4. The Hall–Kier alpha value is -1.05. The van der Waals surface area contributed by atoms with E-state index in [1.54, 1.807) is 6.92 Å². The highest BCUT2D eigenvalue weighted by Gasteiger charge is 1.91. The Bertz CT molecular complexity index is 190. The van der Waals surface area contributed by atoms with Gasteiger partial charge in [0.25, 0.3) is 0 Å². The molecule has 0 amide bonds. The zero-order valence-electron chi connectivity index (χ0n) is 7.96. The molecule has 0 aliphatic carbocycles. The molecule has 0 aliphatic heterocycles.